The SMILES string of the molecule is C[C@H](CO)N1C[C@H](C)[C@@H](CN(C)Cc2ccc(C(F)(F)F)cc2)Oc2ccc(NC(=O)CCCN(C)C)cc2C1=O. The smallest absolute Gasteiger partial charge is 0.416 e. The topological polar surface area (TPSA) is 85.3 Å². The summed E-state index contributed by atoms with van der Waals surface area (Å²) in [4.78, 5) is 31.7. The molecule has 1 aliphatic rings. The van der Waals surface area contributed by atoms with E-state index in [0.717, 1.165) is 24.2 Å². The summed E-state index contributed by atoms with van der Waals surface area (Å²) in [5.74, 6) is -0.195. The van der Waals surface area contributed by atoms with Crippen molar-refractivity contribution in [2.45, 2.75) is 51.6 Å². The summed E-state index contributed by atoms with van der Waals surface area (Å²) in [7, 11) is 5.75. The maximum atomic E-state index is 13.6. The molecule has 0 saturated heterocycles. The Morgan fingerprint density at radius 3 is 2.46 bits per heavy atom. The van der Waals surface area contributed by atoms with Gasteiger partial charge in [0.2, 0.25) is 5.91 Å². The Morgan fingerprint density at radius 2 is 1.85 bits per heavy atom. The van der Waals surface area contributed by atoms with Crippen LogP contribution in [0, 0.1) is 5.92 Å². The van der Waals surface area contributed by atoms with E-state index in [4.69, 9.17) is 4.74 Å². The van der Waals surface area contributed by atoms with Crippen LogP contribution in [0.5, 0.6) is 5.75 Å². The zero-order valence-corrected chi connectivity index (χ0v) is 24.4. The van der Waals surface area contributed by atoms with Crippen LogP contribution in [0.2, 0.25) is 0 Å². The summed E-state index contributed by atoms with van der Waals surface area (Å²) in [5, 5.41) is 12.7. The number of nitrogens with one attached hydrogen (secondary N) is 1. The van der Waals surface area contributed by atoms with Gasteiger partial charge in [0.1, 0.15) is 11.9 Å². The number of alkyl halides is 3. The van der Waals surface area contributed by atoms with Gasteiger partial charge in [0.15, 0.2) is 0 Å². The van der Waals surface area contributed by atoms with Crippen LogP contribution in [0.15, 0.2) is 42.5 Å². The largest absolute Gasteiger partial charge is 0.488 e. The van der Waals surface area contributed by atoms with Crippen LogP contribution in [-0.4, -0.2) is 91.2 Å². The molecule has 226 valence electrons. The number of benzene rings is 2. The lowest BCUT2D eigenvalue weighted by Gasteiger charge is -2.38. The van der Waals surface area contributed by atoms with Gasteiger partial charge in [0.05, 0.1) is 23.8 Å². The second-order valence-corrected chi connectivity index (χ2v) is 11.2. The fourth-order valence-corrected chi connectivity index (χ4v) is 4.78. The number of likely N-dealkylation sites (N-methyl/N-ethyl adjacent to an activating group) is 1. The number of carbonyl (C=O) groups is 2. The van der Waals surface area contributed by atoms with Crippen LogP contribution < -0.4 is 10.1 Å². The molecule has 1 heterocycles. The van der Waals surface area contributed by atoms with E-state index >= 15 is 0 Å². The first kappa shape index (κ1) is 32.4. The lowest BCUT2D eigenvalue weighted by atomic mass is 9.99. The van der Waals surface area contributed by atoms with E-state index < -0.39 is 17.8 Å². The Hall–Kier alpha value is -3.15. The predicted octanol–water partition coefficient (Wildman–Crippen LogP) is 4.34. The van der Waals surface area contributed by atoms with E-state index in [0.29, 0.717) is 49.5 Å². The van der Waals surface area contributed by atoms with Crippen molar-refractivity contribution in [3.05, 3.63) is 59.2 Å². The van der Waals surface area contributed by atoms with Crippen LogP contribution in [0.1, 0.15) is 48.2 Å². The lowest BCUT2D eigenvalue weighted by molar-refractivity contribution is -0.137. The maximum absolute atomic E-state index is 13.6. The van der Waals surface area contributed by atoms with Gasteiger partial charge >= 0.3 is 6.18 Å². The highest BCUT2D eigenvalue weighted by Crippen LogP contribution is 2.32. The molecule has 0 bridgehead atoms. The number of nitrogens with zero attached hydrogens (tertiary/aromatic N) is 3. The number of carbonyl (C=O) groups excluding carboxylic acids is 2. The first-order valence-corrected chi connectivity index (χ1v) is 13.8. The first-order chi connectivity index (χ1) is 19.3. The van der Waals surface area contributed by atoms with Crippen LogP contribution in [-0.2, 0) is 17.5 Å². The average molecular weight is 579 g/mol. The number of fused-ring (bicyclic) bond motifs is 1. The number of amides is 2. The van der Waals surface area contributed by atoms with E-state index in [2.05, 4.69) is 5.32 Å². The number of ether oxygens (including phenoxy) is 1. The fourth-order valence-electron chi connectivity index (χ4n) is 4.78. The van der Waals surface area contributed by atoms with E-state index in [1.54, 1.807) is 30.0 Å². The molecule has 0 aromatic heterocycles. The molecule has 0 fully saturated rings. The summed E-state index contributed by atoms with van der Waals surface area (Å²) in [6.45, 7) is 5.50. The Kier molecular flexibility index (Phi) is 11.2. The molecule has 2 N–H and O–H groups in total. The number of aliphatic hydroxyl groups is 1. The quantitative estimate of drug-likeness (QED) is 0.413. The van der Waals surface area contributed by atoms with Crippen LogP contribution in [0.3, 0.4) is 0 Å². The van der Waals surface area contributed by atoms with Gasteiger partial charge in [-0.1, -0.05) is 19.1 Å². The zero-order valence-electron chi connectivity index (χ0n) is 24.4. The summed E-state index contributed by atoms with van der Waals surface area (Å²) < 4.78 is 45.2. The Labute approximate surface area is 240 Å². The molecule has 1 aliphatic heterocycles. The standard InChI is InChI=1S/C30H41F3N4O4/c1-20-16-37(21(2)19-38)29(40)25-15-24(34-28(39)7-6-14-35(3)4)12-13-26(25)41-27(20)18-36(5)17-22-8-10-23(11-9-22)30(31,32)33/h8-13,15,20-21,27,38H,6-7,14,16-19H2,1-5H3,(H,34,39)/t20-,21+,27+/m0/s1. The molecule has 2 aromatic carbocycles. The summed E-state index contributed by atoms with van der Waals surface area (Å²) in [6, 6.07) is 9.63. The van der Waals surface area contributed by atoms with E-state index in [9.17, 15) is 27.9 Å². The third kappa shape index (κ3) is 9.17. The number of anilines is 1. The van der Waals surface area contributed by atoms with E-state index in [-0.39, 0.29) is 30.4 Å². The highest BCUT2D eigenvalue weighted by atomic mass is 19.4. The number of hydrogen-bond acceptors (Lipinski definition) is 6. The van der Waals surface area contributed by atoms with Crippen LogP contribution in [0.4, 0.5) is 18.9 Å². The van der Waals surface area contributed by atoms with E-state index in [1.807, 2.05) is 37.9 Å². The number of halogens is 3. The molecule has 0 saturated carbocycles. The fraction of sp³-hybridized carbons (Fsp3) is 0.533. The molecule has 0 radical (unpaired) electrons. The summed E-state index contributed by atoms with van der Waals surface area (Å²) in [6.07, 6.45) is -3.70. The highest BCUT2D eigenvalue weighted by molar-refractivity contribution is 5.99. The molecule has 3 atom stereocenters. The minimum atomic E-state index is -4.39. The van der Waals surface area contributed by atoms with Crippen molar-refractivity contribution in [2.24, 2.45) is 5.92 Å². The average Bonchev–Trinajstić information content (AvgIpc) is 2.90. The summed E-state index contributed by atoms with van der Waals surface area (Å²) in [5.41, 5.74) is 0.816. The molecular formula is C30H41F3N4O4. The van der Waals surface area contributed by atoms with Gasteiger partial charge in [0, 0.05) is 37.7 Å². The molecule has 0 unspecified atom stereocenters. The number of rotatable bonds is 11. The number of aliphatic hydroxyl groups excluding tert-OH is 1. The third-order valence-electron chi connectivity index (χ3n) is 7.18. The molecule has 8 nitrogen and oxygen atoms in total. The zero-order chi connectivity index (χ0) is 30.3. The Balaban J connectivity index is 1.80. The molecule has 41 heavy (non-hydrogen) atoms. The van der Waals surface area contributed by atoms with Crippen molar-refractivity contribution in [2.75, 3.05) is 52.7 Å². The van der Waals surface area contributed by atoms with Crippen molar-refractivity contribution in [3.63, 3.8) is 0 Å². The molecule has 2 amide bonds. The van der Waals surface area contributed by atoms with Gasteiger partial charge in [-0.3, -0.25) is 14.5 Å². The molecule has 2 aromatic rings. The van der Waals surface area contributed by atoms with Gasteiger partial charge in [0.25, 0.3) is 5.91 Å². The molecule has 0 spiro atoms. The van der Waals surface area contributed by atoms with Crippen molar-refractivity contribution in [1.82, 2.24) is 14.7 Å². The van der Waals surface area contributed by atoms with Crippen molar-refractivity contribution >= 4 is 17.5 Å². The van der Waals surface area contributed by atoms with Gasteiger partial charge in [-0.15, -0.1) is 0 Å². The second kappa shape index (κ2) is 14.2. The van der Waals surface area contributed by atoms with Gasteiger partial charge in [-0.2, -0.15) is 13.2 Å². The van der Waals surface area contributed by atoms with Crippen molar-refractivity contribution in [1.29, 1.82) is 0 Å². The lowest BCUT2D eigenvalue weighted by Crippen LogP contribution is -2.49. The monoisotopic (exact) mass is 578 g/mol. The summed E-state index contributed by atoms with van der Waals surface area (Å²) >= 11 is 0. The van der Waals surface area contributed by atoms with Crippen molar-refractivity contribution < 1.29 is 32.6 Å². The second-order valence-electron chi connectivity index (χ2n) is 11.2. The Morgan fingerprint density at radius 1 is 1.17 bits per heavy atom. The van der Waals surface area contributed by atoms with Gasteiger partial charge in [-0.05, 0) is 76.9 Å². The van der Waals surface area contributed by atoms with Crippen molar-refractivity contribution in [3.8, 4) is 5.75 Å². The maximum Gasteiger partial charge on any atom is 0.416 e. The Bertz CT molecular complexity index is 1170. The highest BCUT2D eigenvalue weighted by Gasteiger charge is 2.34. The molecule has 3 rings (SSSR count). The normalized spacial score (nSPS) is 18.5. The minimum Gasteiger partial charge on any atom is -0.488 e. The van der Waals surface area contributed by atoms with Crippen LogP contribution in [0.25, 0.3) is 0 Å². The molecular weight excluding hydrogens is 537 g/mol. The van der Waals surface area contributed by atoms with Gasteiger partial charge in [-0.25, -0.2) is 0 Å². The molecule has 0 aliphatic carbocycles. The first-order valence-electron chi connectivity index (χ1n) is 13.8. The van der Waals surface area contributed by atoms with Crippen LogP contribution >= 0.6 is 0 Å². The van der Waals surface area contributed by atoms with E-state index in [1.165, 1.54) is 12.1 Å². The third-order valence-corrected chi connectivity index (χ3v) is 7.18. The predicted molar refractivity (Wildman–Crippen MR) is 152 cm³/mol. The number of hydrogen-bond donors (Lipinski definition) is 2. The molecule has 11 heteroatoms. The van der Waals surface area contributed by atoms with Gasteiger partial charge < -0.3 is 25.0 Å². The minimum absolute atomic E-state index is 0.118.